The summed E-state index contributed by atoms with van der Waals surface area (Å²) < 4.78 is 5.36. The number of nitriles is 1. The molecule has 0 saturated heterocycles. The summed E-state index contributed by atoms with van der Waals surface area (Å²) in [7, 11) is 0. The molecule has 0 bridgehead atoms. The van der Waals surface area contributed by atoms with Gasteiger partial charge in [-0.2, -0.15) is 5.26 Å². The highest BCUT2D eigenvalue weighted by Crippen LogP contribution is 2.45. The molecule has 0 fully saturated rings. The van der Waals surface area contributed by atoms with E-state index in [-0.39, 0.29) is 23.5 Å². The maximum atomic E-state index is 13.1. The second-order valence-corrected chi connectivity index (χ2v) is 7.96. The number of allylic oxidation sites excluding steroid dienone is 1. The van der Waals surface area contributed by atoms with Gasteiger partial charge in [0.1, 0.15) is 0 Å². The Bertz CT molecular complexity index is 1110. The largest absolute Gasteiger partial charge is 0.463 e. The highest BCUT2D eigenvalue weighted by atomic mass is 35.5. The third kappa shape index (κ3) is 4.93. The molecule has 0 aliphatic carbocycles. The molecule has 0 aromatic heterocycles. The van der Waals surface area contributed by atoms with Gasteiger partial charge in [-0.1, -0.05) is 71.9 Å². The van der Waals surface area contributed by atoms with Crippen molar-refractivity contribution < 1.29 is 14.3 Å². The summed E-state index contributed by atoms with van der Waals surface area (Å²) in [5.41, 5.74) is 7.69. The second kappa shape index (κ2) is 10.2. The molecular weight excluding hydrogens is 434 g/mol. The number of ether oxygens (including phenoxy) is 1. The van der Waals surface area contributed by atoms with E-state index in [2.05, 4.69) is 11.4 Å². The number of carbonyl (C=O) groups is 2. The van der Waals surface area contributed by atoms with Crippen LogP contribution in [0.1, 0.15) is 24.0 Å². The van der Waals surface area contributed by atoms with Gasteiger partial charge in [-0.25, -0.2) is 4.79 Å². The molecule has 1 heterocycles. The molecular formula is C23H20ClN3O3S. The number of nitrogens with zero attached hydrogens (tertiary/aromatic N) is 1. The summed E-state index contributed by atoms with van der Waals surface area (Å²) in [6, 6.07) is 18.5. The molecule has 0 radical (unpaired) electrons. The third-order valence-corrected chi connectivity index (χ3v) is 5.97. The van der Waals surface area contributed by atoms with Crippen LogP contribution in [0.3, 0.4) is 0 Å². The van der Waals surface area contributed by atoms with Crippen LogP contribution in [-0.2, 0) is 14.3 Å². The van der Waals surface area contributed by atoms with E-state index >= 15 is 0 Å². The van der Waals surface area contributed by atoms with Gasteiger partial charge in [-0.15, -0.1) is 0 Å². The Hall–Kier alpha value is -3.21. The molecule has 1 amide bonds. The van der Waals surface area contributed by atoms with Crippen molar-refractivity contribution in [1.82, 2.24) is 5.32 Å². The van der Waals surface area contributed by atoms with Gasteiger partial charge in [-0.05, 0) is 24.1 Å². The van der Waals surface area contributed by atoms with Crippen LogP contribution in [0, 0.1) is 11.3 Å². The summed E-state index contributed by atoms with van der Waals surface area (Å²) in [4.78, 5) is 24.5. The zero-order valence-electron chi connectivity index (χ0n) is 16.7. The maximum Gasteiger partial charge on any atom is 0.337 e. The summed E-state index contributed by atoms with van der Waals surface area (Å²) >= 11 is 7.60. The fourth-order valence-corrected chi connectivity index (χ4v) is 4.35. The zero-order valence-corrected chi connectivity index (χ0v) is 18.3. The van der Waals surface area contributed by atoms with E-state index in [0.29, 0.717) is 21.3 Å². The van der Waals surface area contributed by atoms with Crippen molar-refractivity contribution in [3.8, 4) is 6.07 Å². The monoisotopic (exact) mass is 453 g/mol. The Morgan fingerprint density at radius 3 is 2.48 bits per heavy atom. The van der Waals surface area contributed by atoms with Crippen molar-refractivity contribution in [1.29, 1.82) is 5.26 Å². The average molecular weight is 454 g/mol. The van der Waals surface area contributed by atoms with Gasteiger partial charge in [0.2, 0.25) is 5.91 Å². The van der Waals surface area contributed by atoms with E-state index in [4.69, 9.17) is 22.1 Å². The van der Waals surface area contributed by atoms with E-state index < -0.39 is 17.8 Å². The molecule has 1 atom stereocenters. The van der Waals surface area contributed by atoms with E-state index in [0.717, 1.165) is 17.3 Å². The van der Waals surface area contributed by atoms with E-state index in [9.17, 15) is 14.9 Å². The molecule has 1 unspecified atom stereocenters. The standard InChI is InChI=1S/C23H20ClN3O3S/c1-2-30-23(29)20-19(15-10-6-7-11-17(15)24)16(12-25)22(31-13-18(26)28)27-21(20)14-8-4-3-5-9-14/h3-11,19,27H,2,13H2,1H3,(H2,26,28). The highest BCUT2D eigenvalue weighted by molar-refractivity contribution is 8.03. The van der Waals surface area contributed by atoms with Gasteiger partial charge in [-0.3, -0.25) is 4.79 Å². The molecule has 0 spiro atoms. The Morgan fingerprint density at radius 2 is 1.87 bits per heavy atom. The van der Waals surface area contributed by atoms with Crippen molar-refractivity contribution in [2.24, 2.45) is 5.73 Å². The normalized spacial score (nSPS) is 15.8. The number of carbonyl (C=O) groups excluding carboxylic acids is 2. The lowest BCUT2D eigenvalue weighted by Crippen LogP contribution is -2.30. The van der Waals surface area contributed by atoms with Gasteiger partial charge in [0.15, 0.2) is 0 Å². The van der Waals surface area contributed by atoms with E-state index in [1.807, 2.05) is 30.3 Å². The lowest BCUT2D eigenvalue weighted by atomic mass is 9.81. The molecule has 2 aromatic carbocycles. The van der Waals surface area contributed by atoms with Crippen LogP contribution >= 0.6 is 23.4 Å². The molecule has 3 rings (SSSR count). The van der Waals surface area contributed by atoms with Crippen LogP contribution in [0.2, 0.25) is 5.02 Å². The van der Waals surface area contributed by atoms with Crippen LogP contribution in [0.4, 0.5) is 0 Å². The summed E-state index contributed by atoms with van der Waals surface area (Å²) in [6.45, 7) is 1.89. The number of dihydropyridines is 1. The predicted molar refractivity (Wildman–Crippen MR) is 122 cm³/mol. The van der Waals surface area contributed by atoms with Crippen molar-refractivity contribution in [3.05, 3.63) is 86.9 Å². The molecule has 31 heavy (non-hydrogen) atoms. The number of rotatable bonds is 7. The lowest BCUT2D eigenvalue weighted by Gasteiger charge is -2.31. The SMILES string of the molecule is CCOC(=O)C1=C(c2ccccc2)NC(SCC(N)=O)=C(C#N)C1c1ccccc1Cl. The Balaban J connectivity index is 2.30. The minimum Gasteiger partial charge on any atom is -0.463 e. The molecule has 1 aliphatic heterocycles. The van der Waals surface area contributed by atoms with E-state index in [1.54, 1.807) is 31.2 Å². The first-order valence-electron chi connectivity index (χ1n) is 9.51. The summed E-state index contributed by atoms with van der Waals surface area (Å²) in [5, 5.41) is 14.1. The minimum atomic E-state index is -0.774. The Kier molecular flexibility index (Phi) is 7.40. The van der Waals surface area contributed by atoms with Crippen LogP contribution in [0.5, 0.6) is 0 Å². The van der Waals surface area contributed by atoms with Crippen LogP contribution in [-0.4, -0.2) is 24.2 Å². The molecule has 3 N–H and O–H groups in total. The second-order valence-electron chi connectivity index (χ2n) is 6.56. The summed E-state index contributed by atoms with van der Waals surface area (Å²) in [5.74, 6) is -1.87. The number of thioether (sulfide) groups is 1. The van der Waals surface area contributed by atoms with Crippen LogP contribution < -0.4 is 11.1 Å². The molecule has 1 aliphatic rings. The number of hydrogen-bond donors (Lipinski definition) is 2. The Labute approximate surface area is 189 Å². The van der Waals surface area contributed by atoms with Crippen molar-refractivity contribution in [3.63, 3.8) is 0 Å². The van der Waals surface area contributed by atoms with Gasteiger partial charge in [0.05, 0.1) is 46.2 Å². The van der Waals surface area contributed by atoms with Crippen LogP contribution in [0.25, 0.3) is 5.70 Å². The predicted octanol–water partition coefficient (Wildman–Crippen LogP) is 3.95. The van der Waals surface area contributed by atoms with Gasteiger partial charge >= 0.3 is 5.97 Å². The van der Waals surface area contributed by atoms with Gasteiger partial charge in [0.25, 0.3) is 0 Å². The number of esters is 1. The number of amides is 1. The van der Waals surface area contributed by atoms with Crippen molar-refractivity contribution in [2.45, 2.75) is 12.8 Å². The lowest BCUT2D eigenvalue weighted by molar-refractivity contribution is -0.138. The summed E-state index contributed by atoms with van der Waals surface area (Å²) in [6.07, 6.45) is 0. The number of halogens is 1. The number of benzene rings is 2. The van der Waals surface area contributed by atoms with E-state index in [1.165, 1.54) is 0 Å². The number of primary amides is 1. The van der Waals surface area contributed by atoms with Gasteiger partial charge in [0, 0.05) is 5.02 Å². The van der Waals surface area contributed by atoms with Crippen molar-refractivity contribution >= 4 is 40.9 Å². The first kappa shape index (κ1) is 22.5. The quantitative estimate of drug-likeness (QED) is 0.615. The van der Waals surface area contributed by atoms with Crippen LogP contribution in [0.15, 0.2) is 70.8 Å². The fourth-order valence-electron chi connectivity index (χ4n) is 3.32. The minimum absolute atomic E-state index is 0.0282. The smallest absolute Gasteiger partial charge is 0.337 e. The fraction of sp³-hybridized carbons (Fsp3) is 0.174. The molecule has 0 saturated carbocycles. The van der Waals surface area contributed by atoms with Gasteiger partial charge < -0.3 is 15.8 Å². The third-order valence-electron chi connectivity index (χ3n) is 4.58. The molecule has 8 heteroatoms. The number of hydrogen-bond acceptors (Lipinski definition) is 6. The Morgan fingerprint density at radius 1 is 1.19 bits per heavy atom. The average Bonchev–Trinajstić information content (AvgIpc) is 2.77. The van der Waals surface area contributed by atoms with Crippen molar-refractivity contribution in [2.75, 3.05) is 12.4 Å². The topological polar surface area (TPSA) is 105 Å². The first-order chi connectivity index (χ1) is 15.0. The first-order valence-corrected chi connectivity index (χ1v) is 10.9. The number of nitrogens with two attached hydrogens (primary N) is 1. The zero-order chi connectivity index (χ0) is 22.4. The molecule has 2 aromatic rings. The maximum absolute atomic E-state index is 13.1. The highest BCUT2D eigenvalue weighted by Gasteiger charge is 2.38. The number of nitrogens with one attached hydrogen (secondary N) is 1. The molecule has 158 valence electrons. The molecule has 6 nitrogen and oxygen atoms in total.